The summed E-state index contributed by atoms with van der Waals surface area (Å²) < 4.78 is 26.1. The number of carbonyl (C=O) groups excluding carboxylic acids is 1. The Morgan fingerprint density at radius 1 is 1.20 bits per heavy atom. The van der Waals surface area contributed by atoms with Crippen LogP contribution in [0, 0.1) is 17.6 Å². The zero-order valence-corrected chi connectivity index (χ0v) is 13.9. The summed E-state index contributed by atoms with van der Waals surface area (Å²) in [5.41, 5.74) is 1.35. The maximum atomic E-state index is 13.2. The van der Waals surface area contributed by atoms with E-state index in [0.29, 0.717) is 12.5 Å². The van der Waals surface area contributed by atoms with Gasteiger partial charge in [-0.15, -0.1) is 0 Å². The number of rotatable bonds is 5. The first-order chi connectivity index (χ1) is 12.1. The molecule has 6 heteroatoms. The third kappa shape index (κ3) is 4.82. The predicted octanol–water partition coefficient (Wildman–Crippen LogP) is 3.00. The van der Waals surface area contributed by atoms with Crippen molar-refractivity contribution < 1.29 is 13.6 Å². The summed E-state index contributed by atoms with van der Waals surface area (Å²) >= 11 is 0. The largest absolute Gasteiger partial charge is 0.352 e. The van der Waals surface area contributed by atoms with Crippen molar-refractivity contribution in [3.8, 4) is 0 Å². The lowest BCUT2D eigenvalue weighted by atomic mass is 9.96. The molecule has 1 saturated heterocycles. The van der Waals surface area contributed by atoms with Gasteiger partial charge in [0.25, 0.3) is 5.91 Å². The van der Waals surface area contributed by atoms with E-state index in [1.54, 1.807) is 6.20 Å². The summed E-state index contributed by atoms with van der Waals surface area (Å²) in [4.78, 5) is 18.5. The molecule has 25 heavy (non-hydrogen) atoms. The number of piperidine rings is 1. The Morgan fingerprint density at radius 3 is 2.68 bits per heavy atom. The number of nitrogens with zero attached hydrogens (tertiary/aromatic N) is 2. The van der Waals surface area contributed by atoms with E-state index in [-0.39, 0.29) is 11.5 Å². The van der Waals surface area contributed by atoms with Crippen LogP contribution in [0.2, 0.25) is 0 Å². The van der Waals surface area contributed by atoms with Crippen molar-refractivity contribution in [2.24, 2.45) is 5.92 Å². The fourth-order valence-electron chi connectivity index (χ4n) is 3.07. The Bertz CT molecular complexity index is 716. The summed E-state index contributed by atoms with van der Waals surface area (Å²) in [5.74, 6) is -1.91. The van der Waals surface area contributed by atoms with Gasteiger partial charge in [-0.1, -0.05) is 6.07 Å². The van der Waals surface area contributed by atoms with Gasteiger partial charge in [-0.25, -0.2) is 8.78 Å². The molecular weight excluding hydrogens is 324 g/mol. The van der Waals surface area contributed by atoms with E-state index in [2.05, 4.69) is 21.3 Å². The molecule has 1 aromatic heterocycles. The lowest BCUT2D eigenvalue weighted by Crippen LogP contribution is -2.38. The summed E-state index contributed by atoms with van der Waals surface area (Å²) in [6.07, 6.45) is 5.65. The van der Waals surface area contributed by atoms with E-state index >= 15 is 0 Å². The molecule has 4 nitrogen and oxygen atoms in total. The van der Waals surface area contributed by atoms with Gasteiger partial charge in [-0.05, 0) is 61.7 Å². The first-order valence-electron chi connectivity index (χ1n) is 8.46. The van der Waals surface area contributed by atoms with Gasteiger partial charge in [0.1, 0.15) is 0 Å². The van der Waals surface area contributed by atoms with Gasteiger partial charge in [0, 0.05) is 31.0 Å². The minimum Gasteiger partial charge on any atom is -0.352 e. The SMILES string of the molecule is O=C(NCC1CCN(Cc2cccnc2)CC1)c1ccc(F)c(F)c1. The molecular formula is C19H21F2N3O. The Morgan fingerprint density at radius 2 is 2.00 bits per heavy atom. The van der Waals surface area contributed by atoms with Crippen molar-refractivity contribution in [1.82, 2.24) is 15.2 Å². The first-order valence-corrected chi connectivity index (χ1v) is 8.46. The summed E-state index contributed by atoms with van der Waals surface area (Å²) in [6.45, 7) is 3.39. The van der Waals surface area contributed by atoms with Crippen molar-refractivity contribution in [2.75, 3.05) is 19.6 Å². The van der Waals surface area contributed by atoms with E-state index in [9.17, 15) is 13.6 Å². The topological polar surface area (TPSA) is 45.2 Å². The lowest BCUT2D eigenvalue weighted by Gasteiger charge is -2.32. The quantitative estimate of drug-likeness (QED) is 0.906. The van der Waals surface area contributed by atoms with E-state index in [1.165, 1.54) is 11.6 Å². The molecule has 1 fully saturated rings. The van der Waals surface area contributed by atoms with E-state index in [4.69, 9.17) is 0 Å². The number of benzene rings is 1. The molecule has 0 spiro atoms. The highest BCUT2D eigenvalue weighted by Crippen LogP contribution is 2.18. The molecule has 3 rings (SSSR count). The molecule has 0 saturated carbocycles. The highest BCUT2D eigenvalue weighted by Gasteiger charge is 2.20. The number of pyridine rings is 1. The highest BCUT2D eigenvalue weighted by atomic mass is 19.2. The zero-order chi connectivity index (χ0) is 17.6. The number of nitrogens with one attached hydrogen (secondary N) is 1. The van der Waals surface area contributed by atoms with Gasteiger partial charge in [-0.3, -0.25) is 14.7 Å². The van der Waals surface area contributed by atoms with Gasteiger partial charge in [0.05, 0.1) is 0 Å². The second-order valence-corrected chi connectivity index (χ2v) is 6.42. The molecule has 1 N–H and O–H groups in total. The molecule has 1 aliphatic rings. The van der Waals surface area contributed by atoms with Crippen LogP contribution in [0.5, 0.6) is 0 Å². The van der Waals surface area contributed by atoms with Crippen LogP contribution < -0.4 is 5.32 Å². The molecule has 0 atom stereocenters. The number of aromatic nitrogens is 1. The monoisotopic (exact) mass is 345 g/mol. The molecule has 1 aliphatic heterocycles. The molecule has 2 heterocycles. The van der Waals surface area contributed by atoms with Crippen molar-refractivity contribution >= 4 is 5.91 Å². The van der Waals surface area contributed by atoms with Crippen LogP contribution in [0.25, 0.3) is 0 Å². The van der Waals surface area contributed by atoms with Crippen LogP contribution in [-0.2, 0) is 6.54 Å². The van der Waals surface area contributed by atoms with E-state index < -0.39 is 11.6 Å². The van der Waals surface area contributed by atoms with Crippen molar-refractivity contribution in [2.45, 2.75) is 19.4 Å². The van der Waals surface area contributed by atoms with Gasteiger partial charge in [0.15, 0.2) is 11.6 Å². The van der Waals surface area contributed by atoms with Gasteiger partial charge in [-0.2, -0.15) is 0 Å². The summed E-state index contributed by atoms with van der Waals surface area (Å²) in [5, 5.41) is 2.82. The standard InChI is InChI=1S/C19H21F2N3O/c20-17-4-3-16(10-18(17)21)19(25)23-12-14-5-8-24(9-6-14)13-15-2-1-7-22-11-15/h1-4,7,10-11,14H,5-6,8-9,12-13H2,(H,23,25). The minimum atomic E-state index is -1.00. The van der Waals surface area contributed by atoms with E-state index in [0.717, 1.165) is 44.6 Å². The van der Waals surface area contributed by atoms with Crippen LogP contribution >= 0.6 is 0 Å². The summed E-state index contributed by atoms with van der Waals surface area (Å²) in [7, 11) is 0. The molecule has 0 unspecified atom stereocenters. The molecule has 1 aromatic carbocycles. The number of hydrogen-bond acceptors (Lipinski definition) is 3. The van der Waals surface area contributed by atoms with Crippen molar-refractivity contribution in [3.63, 3.8) is 0 Å². The molecule has 2 aromatic rings. The normalized spacial score (nSPS) is 15.9. The second kappa shape index (κ2) is 8.16. The first kappa shape index (κ1) is 17.5. The second-order valence-electron chi connectivity index (χ2n) is 6.42. The van der Waals surface area contributed by atoms with Gasteiger partial charge < -0.3 is 5.32 Å². The molecule has 0 bridgehead atoms. The maximum Gasteiger partial charge on any atom is 0.251 e. The fourth-order valence-corrected chi connectivity index (χ4v) is 3.07. The van der Waals surface area contributed by atoms with Crippen LogP contribution in [0.15, 0.2) is 42.7 Å². The van der Waals surface area contributed by atoms with Crippen LogP contribution in [0.4, 0.5) is 8.78 Å². The fraction of sp³-hybridized carbons (Fsp3) is 0.368. The summed E-state index contributed by atoms with van der Waals surface area (Å²) in [6, 6.07) is 7.21. The Hall–Kier alpha value is -2.34. The Labute approximate surface area is 145 Å². The van der Waals surface area contributed by atoms with Gasteiger partial charge >= 0.3 is 0 Å². The van der Waals surface area contributed by atoms with Crippen molar-refractivity contribution in [3.05, 3.63) is 65.5 Å². The average molecular weight is 345 g/mol. The van der Waals surface area contributed by atoms with Gasteiger partial charge in [0.2, 0.25) is 0 Å². The smallest absolute Gasteiger partial charge is 0.251 e. The Kier molecular flexibility index (Phi) is 5.71. The van der Waals surface area contributed by atoms with Crippen molar-refractivity contribution in [1.29, 1.82) is 0 Å². The van der Waals surface area contributed by atoms with Crippen LogP contribution in [0.3, 0.4) is 0 Å². The van der Waals surface area contributed by atoms with Crippen LogP contribution in [0.1, 0.15) is 28.8 Å². The maximum absolute atomic E-state index is 13.2. The number of carbonyl (C=O) groups is 1. The third-order valence-electron chi connectivity index (χ3n) is 4.57. The number of likely N-dealkylation sites (tertiary alicyclic amines) is 1. The van der Waals surface area contributed by atoms with Crippen LogP contribution in [-0.4, -0.2) is 35.4 Å². The average Bonchev–Trinajstić information content (AvgIpc) is 2.64. The number of hydrogen-bond donors (Lipinski definition) is 1. The predicted molar refractivity (Wildman–Crippen MR) is 90.9 cm³/mol. The number of halogens is 2. The molecule has 1 amide bonds. The third-order valence-corrected chi connectivity index (χ3v) is 4.57. The Balaban J connectivity index is 1.43. The molecule has 132 valence electrons. The lowest BCUT2D eigenvalue weighted by molar-refractivity contribution is 0.0934. The van der Waals surface area contributed by atoms with E-state index in [1.807, 2.05) is 12.3 Å². The number of amides is 1. The minimum absolute atomic E-state index is 0.146. The molecule has 0 aliphatic carbocycles. The zero-order valence-electron chi connectivity index (χ0n) is 13.9. The molecule has 0 radical (unpaired) electrons. The highest BCUT2D eigenvalue weighted by molar-refractivity contribution is 5.94.